The minimum Gasteiger partial charge on any atom is -0.494 e. The number of aromatic nitrogens is 2. The van der Waals surface area contributed by atoms with E-state index in [0.29, 0.717) is 28.2 Å². The summed E-state index contributed by atoms with van der Waals surface area (Å²) in [7, 11) is 3.63. The first kappa shape index (κ1) is 24.1. The van der Waals surface area contributed by atoms with E-state index < -0.39 is 17.5 Å². The Morgan fingerprint density at radius 2 is 1.91 bits per heavy atom. The topological polar surface area (TPSA) is 79.4 Å². The van der Waals surface area contributed by atoms with Crippen LogP contribution in [0.1, 0.15) is 18.4 Å². The summed E-state index contributed by atoms with van der Waals surface area (Å²) in [6.07, 6.45) is 5.26. The van der Waals surface area contributed by atoms with Crippen LogP contribution < -0.4 is 15.4 Å². The van der Waals surface area contributed by atoms with Crippen LogP contribution in [0.5, 0.6) is 5.75 Å². The van der Waals surface area contributed by atoms with Gasteiger partial charge in [0.15, 0.2) is 5.82 Å². The monoisotopic (exact) mass is 455 g/mol. The molecule has 0 spiro atoms. The maximum absolute atomic E-state index is 14.3. The number of benzene rings is 2. The molecule has 4 rings (SSSR count). The first-order valence-corrected chi connectivity index (χ1v) is 10.5. The van der Waals surface area contributed by atoms with E-state index in [1.165, 1.54) is 58.4 Å². The molecule has 0 unspecified atom stereocenters. The summed E-state index contributed by atoms with van der Waals surface area (Å²) in [6.45, 7) is 7.40. The predicted molar refractivity (Wildman–Crippen MR) is 126 cm³/mol. The van der Waals surface area contributed by atoms with Crippen molar-refractivity contribution in [3.05, 3.63) is 60.4 Å². The summed E-state index contributed by atoms with van der Waals surface area (Å²) in [5.41, 5.74) is 0.865. The smallest absolute Gasteiger partial charge is 0.247 e. The number of hydrogen-bond donors (Lipinski definition) is 2. The summed E-state index contributed by atoms with van der Waals surface area (Å²) < 4.78 is 33.1. The Bertz CT molecular complexity index is 1160. The van der Waals surface area contributed by atoms with Crippen molar-refractivity contribution in [3.63, 3.8) is 0 Å². The summed E-state index contributed by atoms with van der Waals surface area (Å²) in [4.78, 5) is 22.3. The summed E-state index contributed by atoms with van der Waals surface area (Å²) in [5.74, 6) is -1.08. The lowest BCUT2D eigenvalue weighted by molar-refractivity contribution is -0.111. The molecule has 0 atom stereocenters. The second kappa shape index (κ2) is 10.8. The van der Waals surface area contributed by atoms with Crippen LogP contribution in [0, 0.1) is 18.6 Å². The van der Waals surface area contributed by atoms with E-state index in [9.17, 15) is 13.6 Å². The Hall–Kier alpha value is -3.59. The van der Waals surface area contributed by atoms with E-state index in [0.717, 1.165) is 6.08 Å². The molecule has 174 valence electrons. The van der Waals surface area contributed by atoms with Gasteiger partial charge in [0.2, 0.25) is 5.91 Å². The van der Waals surface area contributed by atoms with Gasteiger partial charge in [-0.05, 0) is 64.2 Å². The van der Waals surface area contributed by atoms with Gasteiger partial charge in [0.25, 0.3) is 0 Å². The molecule has 0 aliphatic carbocycles. The first-order chi connectivity index (χ1) is 15.8. The molecule has 2 N–H and O–H groups in total. The molecule has 1 aliphatic rings. The lowest BCUT2D eigenvalue weighted by Crippen LogP contribution is -2.10. The van der Waals surface area contributed by atoms with Crippen LogP contribution in [-0.4, -0.2) is 48.0 Å². The molecule has 1 amide bonds. The molecule has 7 nitrogen and oxygen atoms in total. The average Bonchev–Trinajstić information content (AvgIpc) is 3.30. The Morgan fingerprint density at radius 1 is 1.18 bits per heavy atom. The van der Waals surface area contributed by atoms with Gasteiger partial charge in [-0.25, -0.2) is 18.7 Å². The number of likely N-dealkylation sites (tertiary alicyclic amines) is 1. The number of methoxy groups -OCH3 is 1. The van der Waals surface area contributed by atoms with E-state index in [1.807, 2.05) is 0 Å². The summed E-state index contributed by atoms with van der Waals surface area (Å²) in [6, 6.07) is 5.68. The lowest BCUT2D eigenvalue weighted by Gasteiger charge is -2.14. The van der Waals surface area contributed by atoms with E-state index in [-0.39, 0.29) is 11.3 Å². The van der Waals surface area contributed by atoms with Crippen LogP contribution >= 0.6 is 0 Å². The van der Waals surface area contributed by atoms with Gasteiger partial charge < -0.3 is 20.3 Å². The Balaban J connectivity index is 0.000000442. The van der Waals surface area contributed by atoms with Crippen LogP contribution in [-0.2, 0) is 4.79 Å². The highest BCUT2D eigenvalue weighted by Gasteiger charge is 2.15. The minimum atomic E-state index is -0.713. The molecular weight excluding hydrogens is 428 g/mol. The van der Waals surface area contributed by atoms with Gasteiger partial charge in [0, 0.05) is 17.0 Å². The summed E-state index contributed by atoms with van der Waals surface area (Å²) in [5, 5.41) is 6.00. The van der Waals surface area contributed by atoms with Gasteiger partial charge in [-0.2, -0.15) is 0 Å². The number of halogens is 2. The second-order valence-electron chi connectivity index (χ2n) is 7.65. The number of ether oxygens (including phenoxy) is 1. The number of anilines is 3. The van der Waals surface area contributed by atoms with Crippen molar-refractivity contribution in [1.29, 1.82) is 0 Å². The van der Waals surface area contributed by atoms with E-state index in [2.05, 4.69) is 39.1 Å². The second-order valence-corrected chi connectivity index (χ2v) is 7.65. The SMILES string of the molecule is C=CC(=O)Nc1cc2c(Nc3ccc(F)c(C)c3F)ncnc2cc1OC.CN1CCCC1. The third kappa shape index (κ3) is 5.81. The molecule has 0 saturated carbocycles. The highest BCUT2D eigenvalue weighted by atomic mass is 19.1. The van der Waals surface area contributed by atoms with Gasteiger partial charge in [-0.3, -0.25) is 4.79 Å². The van der Waals surface area contributed by atoms with Crippen LogP contribution in [0.25, 0.3) is 10.9 Å². The van der Waals surface area contributed by atoms with Crippen molar-refractivity contribution in [2.75, 3.05) is 37.9 Å². The fourth-order valence-corrected chi connectivity index (χ4v) is 3.39. The number of fused-ring (bicyclic) bond motifs is 1. The van der Waals surface area contributed by atoms with Crippen molar-refractivity contribution in [2.45, 2.75) is 19.8 Å². The number of carbonyl (C=O) groups is 1. The zero-order valence-corrected chi connectivity index (χ0v) is 18.9. The van der Waals surface area contributed by atoms with Crippen molar-refractivity contribution >= 4 is 34.0 Å². The highest BCUT2D eigenvalue weighted by Crippen LogP contribution is 2.33. The molecule has 33 heavy (non-hydrogen) atoms. The quantitative estimate of drug-likeness (QED) is 0.538. The van der Waals surface area contributed by atoms with Gasteiger partial charge >= 0.3 is 0 Å². The van der Waals surface area contributed by atoms with Crippen LogP contribution in [0.15, 0.2) is 43.2 Å². The van der Waals surface area contributed by atoms with Gasteiger partial charge in [0.1, 0.15) is 23.7 Å². The number of rotatable bonds is 5. The minimum absolute atomic E-state index is 0.0707. The van der Waals surface area contributed by atoms with E-state index in [1.54, 1.807) is 12.1 Å². The molecule has 0 radical (unpaired) electrons. The number of nitrogens with zero attached hydrogens (tertiary/aromatic N) is 3. The number of nitrogens with one attached hydrogen (secondary N) is 2. The van der Waals surface area contributed by atoms with Crippen LogP contribution in [0.4, 0.5) is 26.0 Å². The third-order valence-corrected chi connectivity index (χ3v) is 5.30. The zero-order valence-electron chi connectivity index (χ0n) is 18.9. The van der Waals surface area contributed by atoms with Crippen molar-refractivity contribution in [1.82, 2.24) is 14.9 Å². The van der Waals surface area contributed by atoms with Gasteiger partial charge in [-0.15, -0.1) is 0 Å². The van der Waals surface area contributed by atoms with Crippen molar-refractivity contribution in [3.8, 4) is 5.75 Å². The summed E-state index contributed by atoms with van der Waals surface area (Å²) >= 11 is 0. The van der Waals surface area contributed by atoms with Crippen molar-refractivity contribution in [2.24, 2.45) is 0 Å². The molecule has 1 aliphatic heterocycles. The number of amides is 1. The number of hydrogen-bond acceptors (Lipinski definition) is 6. The van der Waals surface area contributed by atoms with Crippen LogP contribution in [0.3, 0.4) is 0 Å². The molecule has 2 aromatic carbocycles. The lowest BCUT2D eigenvalue weighted by atomic mass is 10.1. The first-order valence-electron chi connectivity index (χ1n) is 10.5. The normalized spacial score (nSPS) is 13.2. The third-order valence-electron chi connectivity index (χ3n) is 5.30. The average molecular weight is 456 g/mol. The maximum atomic E-state index is 14.3. The van der Waals surface area contributed by atoms with Gasteiger partial charge in [-0.1, -0.05) is 6.58 Å². The number of carbonyl (C=O) groups excluding carboxylic acids is 1. The van der Waals surface area contributed by atoms with Crippen molar-refractivity contribution < 1.29 is 18.3 Å². The molecule has 0 bridgehead atoms. The molecule has 9 heteroatoms. The standard InChI is InChI=1S/C19H16F2N4O2.C5H11N/c1-4-17(26)24-15-7-11-14(8-16(15)27-3)22-9-23-19(11)25-13-6-5-12(20)10(2)18(13)21;1-6-4-2-3-5-6/h4-9H,1H2,2-3H3,(H,24,26)(H,22,23,25);2-5H2,1H3. The molecular formula is C24H27F2N5O2. The fraction of sp³-hybridized carbons (Fsp3) is 0.292. The highest BCUT2D eigenvalue weighted by molar-refractivity contribution is 6.03. The predicted octanol–water partition coefficient (Wildman–Crippen LogP) is 4.81. The molecule has 1 saturated heterocycles. The molecule has 1 fully saturated rings. The Morgan fingerprint density at radius 3 is 2.52 bits per heavy atom. The largest absolute Gasteiger partial charge is 0.494 e. The van der Waals surface area contributed by atoms with E-state index in [4.69, 9.17) is 4.74 Å². The van der Waals surface area contributed by atoms with Crippen LogP contribution in [0.2, 0.25) is 0 Å². The Labute approximate surface area is 191 Å². The molecule has 2 heterocycles. The Kier molecular flexibility index (Phi) is 7.89. The molecule has 3 aromatic rings. The maximum Gasteiger partial charge on any atom is 0.247 e. The van der Waals surface area contributed by atoms with E-state index >= 15 is 0 Å². The fourth-order valence-electron chi connectivity index (χ4n) is 3.39. The van der Waals surface area contributed by atoms with Gasteiger partial charge in [0.05, 0.1) is 24.0 Å². The zero-order chi connectivity index (χ0) is 24.0. The molecule has 1 aromatic heterocycles.